The van der Waals surface area contributed by atoms with E-state index in [1.54, 1.807) is 14.2 Å². The lowest BCUT2D eigenvalue weighted by Gasteiger charge is -2.39. The Balaban J connectivity index is 1.28. The van der Waals surface area contributed by atoms with E-state index in [4.69, 9.17) is 24.1 Å². The Morgan fingerprint density at radius 2 is 1.57 bits per heavy atom. The Labute approximate surface area is 257 Å². The molecule has 1 amide bonds. The largest absolute Gasteiger partial charge is 0.493 e. The van der Waals surface area contributed by atoms with Crippen molar-refractivity contribution >= 4 is 11.9 Å². The third-order valence-corrected chi connectivity index (χ3v) is 8.18. The van der Waals surface area contributed by atoms with Crippen LogP contribution in [0, 0.1) is 0 Å². The van der Waals surface area contributed by atoms with Gasteiger partial charge in [-0.05, 0) is 46.4 Å². The van der Waals surface area contributed by atoms with Crippen molar-refractivity contribution in [1.29, 1.82) is 0 Å². The van der Waals surface area contributed by atoms with Gasteiger partial charge in [0.25, 0.3) is 0 Å². The van der Waals surface area contributed by atoms with Gasteiger partial charge in [-0.3, -0.25) is 14.5 Å². The van der Waals surface area contributed by atoms with Crippen molar-refractivity contribution in [3.05, 3.63) is 94.0 Å². The molecule has 0 aromatic heterocycles. The first-order valence-electron chi connectivity index (χ1n) is 14.9. The molecule has 5 rings (SSSR count). The first-order valence-corrected chi connectivity index (χ1v) is 14.9. The molecule has 3 aromatic rings. The molecule has 1 fully saturated rings. The van der Waals surface area contributed by atoms with Gasteiger partial charge < -0.3 is 34.5 Å². The fourth-order valence-electron chi connectivity index (χ4n) is 5.72. The molecule has 3 unspecified atom stereocenters. The monoisotopic (exact) mass is 604 g/mol. The molecule has 0 bridgehead atoms. The first kappa shape index (κ1) is 31.5. The number of nitrogens with zero attached hydrogens (tertiary/aromatic N) is 1. The van der Waals surface area contributed by atoms with Crippen molar-refractivity contribution in [2.24, 2.45) is 0 Å². The molecular weight excluding hydrogens is 564 g/mol. The summed E-state index contributed by atoms with van der Waals surface area (Å²) in [4.78, 5) is 25.0. The molecule has 0 spiro atoms. The van der Waals surface area contributed by atoms with Crippen LogP contribution < -0.4 is 14.8 Å². The van der Waals surface area contributed by atoms with Crippen LogP contribution in [0.4, 0.5) is 0 Å². The molecule has 3 N–H and O–H groups in total. The molecule has 0 saturated carbocycles. The van der Waals surface area contributed by atoms with E-state index >= 15 is 0 Å². The number of carboxylic acid groups (broad SMARTS) is 1. The number of aliphatic hydroxyl groups is 1. The normalized spacial score (nSPS) is 20.0. The molecular formula is C34H40N2O8. The van der Waals surface area contributed by atoms with E-state index in [1.165, 1.54) is 11.1 Å². The molecule has 0 radical (unpaired) electrons. The second kappa shape index (κ2) is 14.7. The second-order valence-corrected chi connectivity index (χ2v) is 11.2. The van der Waals surface area contributed by atoms with Crippen LogP contribution in [0.15, 0.2) is 60.7 Å². The highest BCUT2D eigenvalue weighted by Gasteiger charge is 2.34. The number of rotatable bonds is 12. The molecule has 3 aromatic carbocycles. The smallest absolute Gasteiger partial charge is 0.303 e. The first-order chi connectivity index (χ1) is 21.3. The van der Waals surface area contributed by atoms with Crippen molar-refractivity contribution in [2.75, 3.05) is 27.3 Å². The van der Waals surface area contributed by atoms with Crippen LogP contribution in [-0.4, -0.2) is 60.4 Å². The fourth-order valence-corrected chi connectivity index (χ4v) is 5.72. The van der Waals surface area contributed by atoms with E-state index < -0.39 is 12.3 Å². The quantitative estimate of drug-likeness (QED) is 0.278. The van der Waals surface area contributed by atoms with Crippen LogP contribution in [-0.2, 0) is 45.2 Å². The summed E-state index contributed by atoms with van der Waals surface area (Å²) in [6, 6.07) is 19.7. The highest BCUT2D eigenvalue weighted by atomic mass is 16.7. The van der Waals surface area contributed by atoms with Crippen LogP contribution in [0.25, 0.3) is 0 Å². The summed E-state index contributed by atoms with van der Waals surface area (Å²) in [5.74, 6) is 0.178. The number of aliphatic hydroxyl groups excluding tert-OH is 1. The van der Waals surface area contributed by atoms with Crippen LogP contribution in [0.3, 0.4) is 0 Å². The minimum absolute atomic E-state index is 0.0143. The van der Waals surface area contributed by atoms with Crippen molar-refractivity contribution in [3.63, 3.8) is 0 Å². The van der Waals surface area contributed by atoms with Crippen LogP contribution in [0.2, 0.25) is 0 Å². The van der Waals surface area contributed by atoms with Crippen molar-refractivity contribution in [1.82, 2.24) is 10.2 Å². The van der Waals surface area contributed by atoms with Crippen LogP contribution in [0.5, 0.6) is 11.5 Å². The highest BCUT2D eigenvalue weighted by molar-refractivity contribution is 5.80. The Morgan fingerprint density at radius 3 is 2.23 bits per heavy atom. The van der Waals surface area contributed by atoms with Crippen LogP contribution >= 0.6 is 0 Å². The minimum atomic E-state index is -0.996. The molecule has 2 aliphatic rings. The Kier molecular flexibility index (Phi) is 10.5. The van der Waals surface area contributed by atoms with E-state index in [9.17, 15) is 14.7 Å². The van der Waals surface area contributed by atoms with Gasteiger partial charge in [-0.1, -0.05) is 48.5 Å². The predicted molar refractivity (Wildman–Crippen MR) is 162 cm³/mol. The molecule has 234 valence electrons. The van der Waals surface area contributed by atoms with Gasteiger partial charge in [0.2, 0.25) is 5.91 Å². The van der Waals surface area contributed by atoms with Gasteiger partial charge in [0.15, 0.2) is 17.8 Å². The highest BCUT2D eigenvalue weighted by Crippen LogP contribution is 2.39. The Hall–Kier alpha value is -3.96. The Bertz CT molecular complexity index is 1430. The van der Waals surface area contributed by atoms with E-state index in [2.05, 4.69) is 22.3 Å². The number of fused-ring (bicyclic) bond motifs is 1. The van der Waals surface area contributed by atoms with Gasteiger partial charge in [0.1, 0.15) is 0 Å². The van der Waals surface area contributed by atoms with E-state index in [0.29, 0.717) is 13.0 Å². The summed E-state index contributed by atoms with van der Waals surface area (Å²) in [5, 5.41) is 21.0. The predicted octanol–water partition coefficient (Wildman–Crippen LogP) is 4.28. The number of ether oxygens (including phenoxy) is 4. The van der Waals surface area contributed by atoms with Crippen molar-refractivity contribution in [3.8, 4) is 11.5 Å². The fraction of sp³-hybridized carbons (Fsp3) is 0.412. The zero-order valence-electron chi connectivity index (χ0n) is 25.2. The van der Waals surface area contributed by atoms with Gasteiger partial charge in [-0.15, -0.1) is 0 Å². The standard InChI is InChI=1S/C34H40N2O8/c1-41-30-15-26-13-14-36(19-27(26)16-31(30)42-2)20-28-17-29(24-7-5-23(21-37)6-8-24)44-34(43-28)25-9-3-22(4-10-25)18-35-32(38)11-12-33(39)40/h3-10,15-16,28-29,34,37H,11-14,17-21H2,1-2H3,(H,35,38)(H,39,40). The summed E-state index contributed by atoms with van der Waals surface area (Å²) in [5.41, 5.74) is 6.12. The van der Waals surface area contributed by atoms with E-state index in [0.717, 1.165) is 59.8 Å². The van der Waals surface area contributed by atoms with Crippen molar-refractivity contribution in [2.45, 2.75) is 63.9 Å². The third kappa shape index (κ3) is 7.95. The summed E-state index contributed by atoms with van der Waals surface area (Å²) in [6.45, 7) is 2.71. The minimum Gasteiger partial charge on any atom is -0.493 e. The lowest BCUT2D eigenvalue weighted by Crippen LogP contribution is -2.41. The van der Waals surface area contributed by atoms with Gasteiger partial charge >= 0.3 is 5.97 Å². The second-order valence-electron chi connectivity index (χ2n) is 11.2. The van der Waals surface area contributed by atoms with E-state index in [-0.39, 0.29) is 37.6 Å². The number of nitrogens with one attached hydrogen (secondary N) is 1. The number of aliphatic carboxylic acids is 1. The molecule has 1 saturated heterocycles. The number of amides is 1. The van der Waals surface area contributed by atoms with Crippen LogP contribution in [0.1, 0.15) is 65.0 Å². The molecule has 10 nitrogen and oxygen atoms in total. The molecule has 44 heavy (non-hydrogen) atoms. The van der Waals surface area contributed by atoms with Gasteiger partial charge in [-0.2, -0.15) is 0 Å². The van der Waals surface area contributed by atoms with E-state index in [1.807, 2.05) is 48.5 Å². The summed E-state index contributed by atoms with van der Waals surface area (Å²) >= 11 is 0. The molecule has 10 heteroatoms. The summed E-state index contributed by atoms with van der Waals surface area (Å²) in [6.07, 6.45) is 0.472. The molecule has 2 aliphatic heterocycles. The lowest BCUT2D eigenvalue weighted by atomic mass is 9.97. The number of benzene rings is 3. The number of carbonyl (C=O) groups is 2. The van der Waals surface area contributed by atoms with Crippen molar-refractivity contribution < 1.29 is 38.7 Å². The van der Waals surface area contributed by atoms with Gasteiger partial charge in [0, 0.05) is 44.6 Å². The lowest BCUT2D eigenvalue weighted by molar-refractivity contribution is -0.253. The van der Waals surface area contributed by atoms with Gasteiger partial charge in [-0.25, -0.2) is 0 Å². The average molecular weight is 605 g/mol. The maximum atomic E-state index is 11.9. The van der Waals surface area contributed by atoms with Gasteiger partial charge in [0.05, 0.1) is 39.5 Å². The Morgan fingerprint density at radius 1 is 0.909 bits per heavy atom. The third-order valence-electron chi connectivity index (χ3n) is 8.18. The summed E-state index contributed by atoms with van der Waals surface area (Å²) in [7, 11) is 3.31. The SMILES string of the molecule is COc1cc2c(cc1OC)CN(CC1CC(c3ccc(CO)cc3)OC(c3ccc(CNC(=O)CCC(=O)O)cc3)O1)CC2. The topological polar surface area (TPSA) is 127 Å². The average Bonchev–Trinajstić information content (AvgIpc) is 3.05. The number of carbonyl (C=O) groups excluding carboxylic acids is 1. The molecule has 0 aliphatic carbocycles. The maximum absolute atomic E-state index is 11.9. The maximum Gasteiger partial charge on any atom is 0.303 e. The molecule has 3 atom stereocenters. The number of carboxylic acids is 1. The number of hydrogen-bond donors (Lipinski definition) is 3. The molecule has 2 heterocycles. The number of hydrogen-bond acceptors (Lipinski definition) is 8. The number of methoxy groups -OCH3 is 2. The summed E-state index contributed by atoms with van der Waals surface area (Å²) < 4.78 is 24.1. The zero-order valence-corrected chi connectivity index (χ0v) is 25.2. The zero-order chi connectivity index (χ0) is 31.1.